The monoisotopic (exact) mass is 397 g/mol. The first-order valence-corrected chi connectivity index (χ1v) is 10.8. The fourth-order valence-electron chi connectivity index (χ4n) is 4.10. The molecule has 1 fully saturated rings. The molecule has 0 spiro atoms. The van der Waals surface area contributed by atoms with E-state index in [9.17, 15) is 4.79 Å². The molecule has 7 heteroatoms. The van der Waals surface area contributed by atoms with Crippen molar-refractivity contribution in [2.45, 2.75) is 58.7 Å². The van der Waals surface area contributed by atoms with Crippen LogP contribution in [0.15, 0.2) is 24.3 Å². The van der Waals surface area contributed by atoms with Crippen LogP contribution in [-0.2, 0) is 19.5 Å². The van der Waals surface area contributed by atoms with Crippen LogP contribution < -0.4 is 4.74 Å². The van der Waals surface area contributed by atoms with Crippen molar-refractivity contribution in [3.63, 3.8) is 0 Å². The summed E-state index contributed by atoms with van der Waals surface area (Å²) in [6, 6.07) is 7.47. The maximum atomic E-state index is 12.8. The van der Waals surface area contributed by atoms with Crippen molar-refractivity contribution in [1.29, 1.82) is 0 Å². The van der Waals surface area contributed by atoms with Gasteiger partial charge in [0.15, 0.2) is 0 Å². The van der Waals surface area contributed by atoms with Gasteiger partial charge in [-0.25, -0.2) is 0 Å². The Bertz CT molecular complexity index is 822. The second-order valence-corrected chi connectivity index (χ2v) is 8.25. The quantitative estimate of drug-likeness (QED) is 0.776. The van der Waals surface area contributed by atoms with Gasteiger partial charge in [-0.1, -0.05) is 6.42 Å². The van der Waals surface area contributed by atoms with Gasteiger partial charge in [-0.15, -0.1) is 10.2 Å². The first-order valence-electron chi connectivity index (χ1n) is 10.8. The zero-order chi connectivity index (χ0) is 20.2. The molecule has 0 radical (unpaired) electrons. The number of fused-ring (bicyclic) bond motifs is 1. The highest BCUT2D eigenvalue weighted by Crippen LogP contribution is 2.18. The van der Waals surface area contributed by atoms with Crippen LogP contribution in [0.4, 0.5) is 0 Å². The molecule has 1 saturated heterocycles. The van der Waals surface area contributed by atoms with Crippen LogP contribution in [0.2, 0.25) is 0 Å². The lowest BCUT2D eigenvalue weighted by atomic mass is 10.1. The second kappa shape index (κ2) is 8.95. The number of piperazine rings is 1. The minimum Gasteiger partial charge on any atom is -0.491 e. The summed E-state index contributed by atoms with van der Waals surface area (Å²) >= 11 is 0. The molecular weight excluding hydrogens is 366 g/mol. The van der Waals surface area contributed by atoms with Crippen LogP contribution >= 0.6 is 0 Å². The minimum atomic E-state index is 0.0945. The molecule has 0 N–H and O–H groups in total. The summed E-state index contributed by atoms with van der Waals surface area (Å²) in [5.74, 6) is 3.10. The van der Waals surface area contributed by atoms with Crippen molar-refractivity contribution in [1.82, 2.24) is 24.6 Å². The summed E-state index contributed by atoms with van der Waals surface area (Å²) < 4.78 is 7.97. The molecule has 7 nitrogen and oxygen atoms in total. The topological polar surface area (TPSA) is 63.5 Å². The summed E-state index contributed by atoms with van der Waals surface area (Å²) in [6.07, 6.45) is 4.86. The molecule has 0 atom stereocenters. The number of carbonyl (C=O) groups excluding carboxylic acids is 1. The summed E-state index contributed by atoms with van der Waals surface area (Å²) in [5.41, 5.74) is 0.720. The molecule has 1 aromatic carbocycles. The third-order valence-electron chi connectivity index (χ3n) is 5.68. The second-order valence-electron chi connectivity index (χ2n) is 8.25. The minimum absolute atomic E-state index is 0.0945. The van der Waals surface area contributed by atoms with Gasteiger partial charge in [0.05, 0.1) is 12.6 Å². The zero-order valence-electron chi connectivity index (χ0n) is 17.5. The zero-order valence-corrected chi connectivity index (χ0v) is 17.5. The predicted molar refractivity (Wildman–Crippen MR) is 111 cm³/mol. The number of benzene rings is 1. The smallest absolute Gasteiger partial charge is 0.253 e. The molecule has 0 aliphatic carbocycles. The van der Waals surface area contributed by atoms with E-state index in [2.05, 4.69) is 19.7 Å². The van der Waals surface area contributed by atoms with Crippen molar-refractivity contribution >= 4 is 5.91 Å². The number of amides is 1. The number of hydrogen-bond donors (Lipinski definition) is 0. The van der Waals surface area contributed by atoms with Crippen LogP contribution in [0.3, 0.4) is 0 Å². The summed E-state index contributed by atoms with van der Waals surface area (Å²) in [6.45, 7) is 9.05. The molecule has 3 heterocycles. The van der Waals surface area contributed by atoms with Gasteiger partial charge in [0.2, 0.25) is 0 Å². The van der Waals surface area contributed by atoms with E-state index in [0.29, 0.717) is 0 Å². The molecule has 1 amide bonds. The molecule has 0 unspecified atom stereocenters. The van der Waals surface area contributed by atoms with E-state index in [1.54, 1.807) is 0 Å². The maximum Gasteiger partial charge on any atom is 0.253 e. The largest absolute Gasteiger partial charge is 0.491 e. The van der Waals surface area contributed by atoms with Crippen molar-refractivity contribution in [2.24, 2.45) is 0 Å². The number of carbonyl (C=O) groups is 1. The molecule has 1 aromatic heterocycles. The van der Waals surface area contributed by atoms with Crippen LogP contribution in [0.5, 0.6) is 5.75 Å². The first-order chi connectivity index (χ1) is 14.1. The Kier molecular flexibility index (Phi) is 6.13. The van der Waals surface area contributed by atoms with Gasteiger partial charge < -0.3 is 14.2 Å². The average Bonchev–Trinajstić information content (AvgIpc) is 2.94. The average molecular weight is 398 g/mol. The van der Waals surface area contributed by atoms with E-state index in [1.165, 1.54) is 19.3 Å². The van der Waals surface area contributed by atoms with E-state index in [4.69, 9.17) is 4.74 Å². The van der Waals surface area contributed by atoms with Gasteiger partial charge in [-0.2, -0.15) is 0 Å². The highest BCUT2D eigenvalue weighted by molar-refractivity contribution is 5.94. The number of rotatable bonds is 5. The Hall–Kier alpha value is -2.41. The highest BCUT2D eigenvalue weighted by Gasteiger charge is 2.24. The number of aryl methyl sites for hydroxylation is 1. The van der Waals surface area contributed by atoms with E-state index < -0.39 is 0 Å². The summed E-state index contributed by atoms with van der Waals surface area (Å²) in [4.78, 5) is 17.2. The Labute approximate surface area is 172 Å². The molecule has 2 aromatic rings. The molecule has 156 valence electrons. The Balaban J connectivity index is 1.31. The van der Waals surface area contributed by atoms with Gasteiger partial charge in [-0.05, 0) is 51.0 Å². The Morgan fingerprint density at radius 1 is 1.00 bits per heavy atom. The van der Waals surface area contributed by atoms with Crippen molar-refractivity contribution < 1.29 is 9.53 Å². The standard InChI is InChI=1S/C22H31N5O2/c1-17(2)29-19-9-7-18(8-10-19)22(28)26-14-12-25(13-15-26)16-21-24-23-20-6-4-3-5-11-27(20)21/h7-10,17H,3-6,11-16H2,1-2H3. The van der Waals surface area contributed by atoms with Crippen molar-refractivity contribution in [3.05, 3.63) is 41.5 Å². The predicted octanol–water partition coefficient (Wildman–Crippen LogP) is 2.75. The molecule has 0 bridgehead atoms. The fraction of sp³-hybridized carbons (Fsp3) is 0.591. The van der Waals surface area contributed by atoms with E-state index in [1.807, 2.05) is 43.0 Å². The van der Waals surface area contributed by atoms with Gasteiger partial charge in [0, 0.05) is 44.7 Å². The lowest BCUT2D eigenvalue weighted by Crippen LogP contribution is -2.48. The molecule has 2 aliphatic heterocycles. The van der Waals surface area contributed by atoms with Crippen LogP contribution in [0.1, 0.15) is 55.1 Å². The fourth-order valence-corrected chi connectivity index (χ4v) is 4.10. The van der Waals surface area contributed by atoms with Gasteiger partial charge in [0.25, 0.3) is 5.91 Å². The van der Waals surface area contributed by atoms with Gasteiger partial charge >= 0.3 is 0 Å². The van der Waals surface area contributed by atoms with Crippen LogP contribution in [-0.4, -0.2) is 62.8 Å². The lowest BCUT2D eigenvalue weighted by molar-refractivity contribution is 0.0623. The normalized spacial score (nSPS) is 17.8. The van der Waals surface area contributed by atoms with Crippen molar-refractivity contribution in [2.75, 3.05) is 26.2 Å². The first kappa shape index (κ1) is 19.9. The summed E-state index contributed by atoms with van der Waals surface area (Å²) in [7, 11) is 0. The number of ether oxygens (including phenoxy) is 1. The maximum absolute atomic E-state index is 12.8. The molecular formula is C22H31N5O2. The van der Waals surface area contributed by atoms with Crippen LogP contribution in [0, 0.1) is 0 Å². The number of nitrogens with zero attached hydrogens (tertiary/aromatic N) is 5. The Morgan fingerprint density at radius 2 is 1.76 bits per heavy atom. The third-order valence-corrected chi connectivity index (χ3v) is 5.68. The molecule has 0 saturated carbocycles. The number of aromatic nitrogens is 3. The van der Waals surface area contributed by atoms with Gasteiger partial charge in [-0.3, -0.25) is 9.69 Å². The van der Waals surface area contributed by atoms with E-state index >= 15 is 0 Å². The molecule has 2 aliphatic rings. The lowest BCUT2D eigenvalue weighted by Gasteiger charge is -2.34. The third kappa shape index (κ3) is 4.78. The molecule has 29 heavy (non-hydrogen) atoms. The highest BCUT2D eigenvalue weighted by atomic mass is 16.5. The van der Waals surface area contributed by atoms with Crippen LogP contribution in [0.25, 0.3) is 0 Å². The number of hydrogen-bond acceptors (Lipinski definition) is 5. The van der Waals surface area contributed by atoms with E-state index in [0.717, 1.165) is 68.7 Å². The van der Waals surface area contributed by atoms with Crippen molar-refractivity contribution in [3.8, 4) is 5.75 Å². The Morgan fingerprint density at radius 3 is 2.48 bits per heavy atom. The summed E-state index contributed by atoms with van der Waals surface area (Å²) in [5, 5.41) is 8.84. The molecule has 4 rings (SSSR count). The SMILES string of the molecule is CC(C)Oc1ccc(C(=O)N2CCN(Cc3nnc4n3CCCCC4)CC2)cc1. The van der Waals surface area contributed by atoms with Gasteiger partial charge in [0.1, 0.15) is 17.4 Å². The van der Waals surface area contributed by atoms with E-state index in [-0.39, 0.29) is 12.0 Å².